The molecule has 1 aromatic rings. The van der Waals surface area contributed by atoms with E-state index in [1.54, 1.807) is 0 Å². The second kappa shape index (κ2) is 7.37. The number of para-hydroxylation sites is 1. The molecule has 2 N–H and O–H groups in total. The second-order valence-electron chi connectivity index (χ2n) is 6.62. The van der Waals surface area contributed by atoms with Gasteiger partial charge in [-0.15, -0.1) is 11.8 Å². The largest absolute Gasteiger partial charge is 0.383 e. The van der Waals surface area contributed by atoms with Crippen molar-refractivity contribution in [1.29, 1.82) is 0 Å². The Bertz CT molecular complexity index is 406. The molecule has 0 saturated heterocycles. The van der Waals surface area contributed by atoms with E-state index in [9.17, 15) is 0 Å². The van der Waals surface area contributed by atoms with Gasteiger partial charge in [0.1, 0.15) is 0 Å². The van der Waals surface area contributed by atoms with Crippen molar-refractivity contribution >= 4 is 17.4 Å². The summed E-state index contributed by atoms with van der Waals surface area (Å²) < 4.78 is 0. The average molecular weight is 292 g/mol. The smallest absolute Gasteiger partial charge is 0.0478 e. The van der Waals surface area contributed by atoms with Crippen molar-refractivity contribution in [3.63, 3.8) is 0 Å². The van der Waals surface area contributed by atoms with Gasteiger partial charge in [0.05, 0.1) is 0 Å². The lowest BCUT2D eigenvalue weighted by molar-refractivity contribution is 0.435. The molecule has 112 valence electrons. The van der Waals surface area contributed by atoms with Crippen LogP contribution in [0.25, 0.3) is 0 Å². The van der Waals surface area contributed by atoms with Gasteiger partial charge in [0.2, 0.25) is 0 Å². The molecule has 0 amide bonds. The van der Waals surface area contributed by atoms with Crippen LogP contribution in [0.1, 0.15) is 46.5 Å². The molecule has 2 nitrogen and oxygen atoms in total. The third-order valence-electron chi connectivity index (χ3n) is 3.58. The first-order valence-corrected chi connectivity index (χ1v) is 8.67. The Labute approximate surface area is 128 Å². The van der Waals surface area contributed by atoms with Gasteiger partial charge in [0.25, 0.3) is 0 Å². The molecule has 1 saturated carbocycles. The maximum Gasteiger partial charge on any atom is 0.0478 e. The summed E-state index contributed by atoms with van der Waals surface area (Å²) in [5.74, 6) is 0. The van der Waals surface area contributed by atoms with Crippen LogP contribution < -0.4 is 10.6 Å². The summed E-state index contributed by atoms with van der Waals surface area (Å²) in [6, 6.07) is 8.73. The van der Waals surface area contributed by atoms with E-state index >= 15 is 0 Å². The molecule has 1 aromatic carbocycles. The van der Waals surface area contributed by atoms with Gasteiger partial charge in [-0.05, 0) is 45.7 Å². The monoisotopic (exact) mass is 292 g/mol. The Hall–Kier alpha value is -0.670. The minimum atomic E-state index is 0.194. The van der Waals surface area contributed by atoms with Crippen LogP contribution in [0.3, 0.4) is 0 Å². The zero-order chi connectivity index (χ0) is 14.4. The normalized spacial score (nSPS) is 16.6. The quantitative estimate of drug-likeness (QED) is 0.754. The summed E-state index contributed by atoms with van der Waals surface area (Å²) in [5.41, 5.74) is 1.49. The SMILES string of the molecule is CC(C)(C)NCCNc1ccccc1SC1CCCC1. The molecule has 0 bridgehead atoms. The fraction of sp³-hybridized carbons (Fsp3) is 0.647. The minimum absolute atomic E-state index is 0.194. The molecule has 0 aliphatic heterocycles. The first-order chi connectivity index (χ1) is 9.54. The minimum Gasteiger partial charge on any atom is -0.383 e. The molecule has 3 heteroatoms. The van der Waals surface area contributed by atoms with Crippen molar-refractivity contribution in [3.05, 3.63) is 24.3 Å². The maximum absolute atomic E-state index is 3.58. The highest BCUT2D eigenvalue weighted by molar-refractivity contribution is 8.00. The van der Waals surface area contributed by atoms with Crippen molar-refractivity contribution in [2.24, 2.45) is 0 Å². The number of hydrogen-bond donors (Lipinski definition) is 2. The Morgan fingerprint density at radius 3 is 2.50 bits per heavy atom. The predicted octanol–water partition coefficient (Wildman–Crippen LogP) is 4.52. The molecule has 2 rings (SSSR count). The number of benzene rings is 1. The zero-order valence-corrected chi connectivity index (χ0v) is 13.9. The molecular weight excluding hydrogens is 264 g/mol. The van der Waals surface area contributed by atoms with E-state index in [1.807, 2.05) is 0 Å². The third kappa shape index (κ3) is 5.37. The van der Waals surface area contributed by atoms with Gasteiger partial charge in [-0.2, -0.15) is 0 Å². The number of rotatable bonds is 6. The third-order valence-corrected chi connectivity index (χ3v) is 4.99. The summed E-state index contributed by atoms with van der Waals surface area (Å²) in [5, 5.41) is 7.92. The van der Waals surface area contributed by atoms with Crippen molar-refractivity contribution in [3.8, 4) is 0 Å². The van der Waals surface area contributed by atoms with E-state index in [-0.39, 0.29) is 5.54 Å². The van der Waals surface area contributed by atoms with Gasteiger partial charge in [-0.3, -0.25) is 0 Å². The van der Waals surface area contributed by atoms with Crippen LogP contribution in [-0.2, 0) is 0 Å². The molecule has 0 unspecified atom stereocenters. The molecule has 0 radical (unpaired) electrons. The van der Waals surface area contributed by atoms with Crippen molar-refractivity contribution in [1.82, 2.24) is 5.32 Å². The number of hydrogen-bond acceptors (Lipinski definition) is 3. The molecule has 0 atom stereocenters. The lowest BCUT2D eigenvalue weighted by Gasteiger charge is -2.21. The van der Waals surface area contributed by atoms with Gasteiger partial charge >= 0.3 is 0 Å². The zero-order valence-electron chi connectivity index (χ0n) is 13.0. The van der Waals surface area contributed by atoms with Gasteiger partial charge in [-0.25, -0.2) is 0 Å². The van der Waals surface area contributed by atoms with Crippen molar-refractivity contribution < 1.29 is 0 Å². The Kier molecular flexibility index (Phi) is 5.79. The average Bonchev–Trinajstić information content (AvgIpc) is 2.88. The Balaban J connectivity index is 1.84. The van der Waals surface area contributed by atoms with Crippen LogP contribution in [0, 0.1) is 0 Å². The van der Waals surface area contributed by atoms with Gasteiger partial charge < -0.3 is 10.6 Å². The van der Waals surface area contributed by atoms with Crippen LogP contribution in [0.2, 0.25) is 0 Å². The fourth-order valence-corrected chi connectivity index (χ4v) is 3.89. The van der Waals surface area contributed by atoms with E-state index in [1.165, 1.54) is 36.3 Å². The predicted molar refractivity (Wildman–Crippen MR) is 90.8 cm³/mol. The topological polar surface area (TPSA) is 24.1 Å². The molecule has 0 spiro atoms. The summed E-state index contributed by atoms with van der Waals surface area (Å²) in [7, 11) is 0. The van der Waals surface area contributed by atoms with E-state index in [4.69, 9.17) is 0 Å². The molecule has 0 aromatic heterocycles. The fourth-order valence-electron chi connectivity index (χ4n) is 2.54. The maximum atomic E-state index is 3.58. The first kappa shape index (κ1) is 15.7. The second-order valence-corrected chi connectivity index (χ2v) is 7.97. The Morgan fingerprint density at radius 2 is 1.80 bits per heavy atom. The summed E-state index contributed by atoms with van der Waals surface area (Å²) in [6.45, 7) is 8.58. The Morgan fingerprint density at radius 1 is 1.10 bits per heavy atom. The number of anilines is 1. The van der Waals surface area contributed by atoms with Crippen molar-refractivity contribution in [2.45, 2.75) is 62.1 Å². The van der Waals surface area contributed by atoms with Crippen LogP contribution >= 0.6 is 11.8 Å². The van der Waals surface area contributed by atoms with Crippen molar-refractivity contribution in [2.75, 3.05) is 18.4 Å². The first-order valence-electron chi connectivity index (χ1n) is 7.79. The summed E-state index contributed by atoms with van der Waals surface area (Å²) in [6.07, 6.45) is 5.57. The van der Waals surface area contributed by atoms with Crippen LogP contribution in [-0.4, -0.2) is 23.9 Å². The van der Waals surface area contributed by atoms with E-state index in [0.717, 1.165) is 18.3 Å². The van der Waals surface area contributed by atoms with Gasteiger partial charge in [-0.1, -0.05) is 25.0 Å². The molecule has 1 aliphatic carbocycles. The molecule has 20 heavy (non-hydrogen) atoms. The molecule has 1 fully saturated rings. The van der Waals surface area contributed by atoms with E-state index in [2.05, 4.69) is 67.4 Å². The highest BCUT2D eigenvalue weighted by atomic mass is 32.2. The van der Waals surface area contributed by atoms with Crippen LogP contribution in [0.4, 0.5) is 5.69 Å². The molecule has 0 heterocycles. The summed E-state index contributed by atoms with van der Waals surface area (Å²) >= 11 is 2.06. The molecule has 1 aliphatic rings. The van der Waals surface area contributed by atoms with Gasteiger partial charge in [0.15, 0.2) is 0 Å². The standard InChI is InChI=1S/C17H28N2S/c1-17(2,3)19-13-12-18-15-10-6-7-11-16(15)20-14-8-4-5-9-14/h6-7,10-11,14,18-19H,4-5,8-9,12-13H2,1-3H3. The number of thioether (sulfide) groups is 1. The number of nitrogens with one attached hydrogen (secondary N) is 2. The van der Waals surface area contributed by atoms with E-state index < -0.39 is 0 Å². The van der Waals surface area contributed by atoms with E-state index in [0.29, 0.717) is 0 Å². The summed E-state index contributed by atoms with van der Waals surface area (Å²) in [4.78, 5) is 1.41. The van der Waals surface area contributed by atoms with Crippen LogP contribution in [0.15, 0.2) is 29.2 Å². The molecular formula is C17H28N2S. The van der Waals surface area contributed by atoms with Gasteiger partial charge in [0, 0.05) is 34.5 Å². The van der Waals surface area contributed by atoms with Crippen LogP contribution in [0.5, 0.6) is 0 Å². The highest BCUT2D eigenvalue weighted by Gasteiger charge is 2.17. The lowest BCUT2D eigenvalue weighted by atomic mass is 10.1. The lowest BCUT2D eigenvalue weighted by Crippen LogP contribution is -2.38. The highest BCUT2D eigenvalue weighted by Crippen LogP contribution is 2.37.